The number of pyridine rings is 1. The van der Waals surface area contributed by atoms with Crippen LogP contribution in [0.2, 0.25) is 5.02 Å². The second-order valence-corrected chi connectivity index (χ2v) is 8.19. The number of fused-ring (bicyclic) bond motifs is 1. The monoisotopic (exact) mass is 399 g/mol. The third-order valence-corrected chi connectivity index (χ3v) is 6.01. The Morgan fingerprint density at radius 3 is 2.88 bits per heavy atom. The summed E-state index contributed by atoms with van der Waals surface area (Å²) in [5, 5.41) is 3.24. The molecule has 1 amide bonds. The van der Waals surface area contributed by atoms with Crippen LogP contribution >= 0.6 is 34.3 Å². The highest BCUT2D eigenvalue weighted by molar-refractivity contribution is 7.22. The Kier molecular flexibility index (Phi) is 4.72. The van der Waals surface area contributed by atoms with Gasteiger partial charge >= 0.3 is 0 Å². The fraction of sp³-hybridized carbons (Fsp3) is 0.105. The van der Waals surface area contributed by atoms with Crippen molar-refractivity contribution in [2.45, 2.75) is 13.5 Å². The highest BCUT2D eigenvalue weighted by Gasteiger charge is 2.23. The van der Waals surface area contributed by atoms with E-state index in [-0.39, 0.29) is 5.91 Å². The lowest BCUT2D eigenvalue weighted by atomic mass is 10.2. The van der Waals surface area contributed by atoms with E-state index < -0.39 is 0 Å². The molecule has 4 nitrogen and oxygen atoms in total. The van der Waals surface area contributed by atoms with Crippen LogP contribution < -0.4 is 4.90 Å². The van der Waals surface area contributed by atoms with Crippen LogP contribution in [-0.2, 0) is 6.54 Å². The molecule has 0 saturated heterocycles. The zero-order valence-corrected chi connectivity index (χ0v) is 16.2. The zero-order chi connectivity index (χ0) is 18.1. The first-order chi connectivity index (χ1) is 12.6. The van der Waals surface area contributed by atoms with E-state index in [1.54, 1.807) is 17.3 Å². The van der Waals surface area contributed by atoms with Gasteiger partial charge in [-0.3, -0.25) is 14.7 Å². The summed E-state index contributed by atoms with van der Waals surface area (Å²) < 4.78 is 0.972. The molecule has 3 aromatic heterocycles. The average Bonchev–Trinajstić information content (AvgIpc) is 3.29. The number of aromatic nitrogens is 2. The van der Waals surface area contributed by atoms with Gasteiger partial charge in [-0.25, -0.2) is 4.98 Å². The molecule has 0 spiro atoms. The van der Waals surface area contributed by atoms with Crippen LogP contribution in [0.1, 0.15) is 20.8 Å². The Morgan fingerprint density at radius 1 is 1.27 bits per heavy atom. The van der Waals surface area contributed by atoms with E-state index >= 15 is 0 Å². The second kappa shape index (κ2) is 7.15. The smallest absolute Gasteiger partial charge is 0.270 e. The van der Waals surface area contributed by atoms with Crippen LogP contribution in [0.15, 0.2) is 54.2 Å². The van der Waals surface area contributed by atoms with E-state index in [9.17, 15) is 4.79 Å². The summed E-state index contributed by atoms with van der Waals surface area (Å²) >= 11 is 9.08. The summed E-state index contributed by atoms with van der Waals surface area (Å²) in [6.07, 6.45) is 3.49. The summed E-state index contributed by atoms with van der Waals surface area (Å²) in [6.45, 7) is 2.39. The molecule has 130 valence electrons. The molecule has 0 fully saturated rings. The van der Waals surface area contributed by atoms with Crippen molar-refractivity contribution in [3.05, 3.63) is 75.2 Å². The van der Waals surface area contributed by atoms with E-state index in [1.807, 2.05) is 48.7 Å². The van der Waals surface area contributed by atoms with Gasteiger partial charge in [-0.2, -0.15) is 0 Å². The number of rotatable bonds is 4. The molecule has 4 rings (SSSR count). The van der Waals surface area contributed by atoms with Crippen LogP contribution in [0.4, 0.5) is 5.13 Å². The maximum absolute atomic E-state index is 13.1. The number of thiophene rings is 1. The summed E-state index contributed by atoms with van der Waals surface area (Å²) in [5.41, 5.74) is 2.83. The van der Waals surface area contributed by atoms with Crippen molar-refractivity contribution in [1.29, 1.82) is 0 Å². The van der Waals surface area contributed by atoms with E-state index in [1.165, 1.54) is 22.7 Å². The van der Waals surface area contributed by atoms with Crippen molar-refractivity contribution in [2.75, 3.05) is 4.90 Å². The molecule has 0 unspecified atom stereocenters. The molecular weight excluding hydrogens is 386 g/mol. The fourth-order valence-corrected chi connectivity index (χ4v) is 4.78. The number of halogens is 1. The molecule has 0 radical (unpaired) electrons. The number of benzene rings is 1. The van der Waals surface area contributed by atoms with Gasteiger partial charge in [0.15, 0.2) is 5.13 Å². The molecule has 0 aliphatic heterocycles. The molecule has 0 aliphatic rings. The van der Waals surface area contributed by atoms with Crippen molar-refractivity contribution in [3.8, 4) is 0 Å². The number of aryl methyl sites for hydroxylation is 1. The van der Waals surface area contributed by atoms with Gasteiger partial charge in [0.25, 0.3) is 5.91 Å². The topological polar surface area (TPSA) is 46.1 Å². The molecule has 7 heteroatoms. The standard InChI is InChI=1S/C19H14ClN3OS2/c1-12-8-14(20)9-16-17(12)22-19(26-16)23(11-13-4-2-6-21-10-13)18(24)15-5-3-7-25-15/h2-10H,11H2,1H3. The van der Waals surface area contributed by atoms with Gasteiger partial charge in [0.1, 0.15) is 0 Å². The third-order valence-electron chi connectivity index (χ3n) is 3.91. The summed E-state index contributed by atoms with van der Waals surface area (Å²) in [7, 11) is 0. The number of thiazole rings is 1. The van der Waals surface area contributed by atoms with Crippen LogP contribution in [0.3, 0.4) is 0 Å². The Bertz CT molecular complexity index is 1060. The number of anilines is 1. The van der Waals surface area contributed by atoms with Crippen molar-refractivity contribution in [1.82, 2.24) is 9.97 Å². The number of amides is 1. The largest absolute Gasteiger partial charge is 0.279 e. The lowest BCUT2D eigenvalue weighted by Gasteiger charge is -2.19. The Balaban J connectivity index is 1.79. The first-order valence-electron chi connectivity index (χ1n) is 7.93. The van der Waals surface area contributed by atoms with E-state index in [0.717, 1.165) is 21.3 Å². The summed E-state index contributed by atoms with van der Waals surface area (Å²) in [5.74, 6) is -0.0633. The Labute approximate surface area is 163 Å². The maximum Gasteiger partial charge on any atom is 0.270 e. The first kappa shape index (κ1) is 17.1. The molecule has 0 atom stereocenters. The van der Waals surface area contributed by atoms with E-state index in [4.69, 9.17) is 16.6 Å². The minimum atomic E-state index is -0.0633. The van der Waals surface area contributed by atoms with E-state index in [0.29, 0.717) is 21.6 Å². The maximum atomic E-state index is 13.1. The molecule has 0 bridgehead atoms. The molecule has 1 aromatic carbocycles. The third kappa shape index (κ3) is 3.35. The van der Waals surface area contributed by atoms with Crippen molar-refractivity contribution in [2.24, 2.45) is 0 Å². The minimum Gasteiger partial charge on any atom is -0.279 e. The number of hydrogen-bond acceptors (Lipinski definition) is 5. The van der Waals surface area contributed by atoms with Crippen molar-refractivity contribution in [3.63, 3.8) is 0 Å². The Morgan fingerprint density at radius 2 is 2.15 bits per heavy atom. The molecule has 4 aromatic rings. The molecule has 26 heavy (non-hydrogen) atoms. The molecule has 3 heterocycles. The van der Waals surface area contributed by atoms with E-state index in [2.05, 4.69) is 4.98 Å². The summed E-state index contributed by atoms with van der Waals surface area (Å²) in [6, 6.07) is 11.3. The van der Waals surface area contributed by atoms with Crippen LogP contribution in [0.25, 0.3) is 10.2 Å². The van der Waals surface area contributed by atoms with Gasteiger partial charge in [0, 0.05) is 17.4 Å². The second-order valence-electron chi connectivity index (χ2n) is 5.80. The molecule has 0 saturated carbocycles. The lowest BCUT2D eigenvalue weighted by Crippen LogP contribution is -2.29. The SMILES string of the molecule is Cc1cc(Cl)cc2sc(N(Cc3cccnc3)C(=O)c3cccs3)nc12. The predicted octanol–water partition coefficient (Wildman–Crippen LogP) is 5.56. The summed E-state index contributed by atoms with van der Waals surface area (Å²) in [4.78, 5) is 24.4. The van der Waals surface area contributed by atoms with Gasteiger partial charge in [-0.1, -0.05) is 35.1 Å². The number of carbonyl (C=O) groups excluding carboxylic acids is 1. The predicted molar refractivity (Wildman–Crippen MR) is 108 cm³/mol. The minimum absolute atomic E-state index is 0.0633. The molecule has 0 N–H and O–H groups in total. The molecular formula is C19H14ClN3OS2. The average molecular weight is 400 g/mol. The van der Waals surface area contributed by atoms with Gasteiger partial charge in [-0.05, 0) is 47.7 Å². The zero-order valence-electron chi connectivity index (χ0n) is 13.8. The van der Waals surface area contributed by atoms with Crippen LogP contribution in [0, 0.1) is 6.92 Å². The highest BCUT2D eigenvalue weighted by Crippen LogP contribution is 2.34. The number of nitrogens with zero attached hydrogens (tertiary/aromatic N) is 3. The Hall–Kier alpha value is -2.28. The normalized spacial score (nSPS) is 11.0. The van der Waals surface area contributed by atoms with Gasteiger partial charge < -0.3 is 0 Å². The first-order valence-corrected chi connectivity index (χ1v) is 10.00. The molecule has 0 aliphatic carbocycles. The quantitative estimate of drug-likeness (QED) is 0.451. The van der Waals surface area contributed by atoms with Crippen molar-refractivity contribution >= 4 is 55.5 Å². The fourth-order valence-electron chi connectivity index (χ4n) is 2.69. The van der Waals surface area contributed by atoms with Gasteiger partial charge in [0.2, 0.25) is 0 Å². The number of carbonyl (C=O) groups is 1. The van der Waals surface area contributed by atoms with Gasteiger partial charge in [0.05, 0.1) is 21.6 Å². The number of hydrogen-bond donors (Lipinski definition) is 0. The lowest BCUT2D eigenvalue weighted by molar-refractivity contribution is 0.0989. The highest BCUT2D eigenvalue weighted by atomic mass is 35.5. The van der Waals surface area contributed by atoms with Crippen LogP contribution in [0.5, 0.6) is 0 Å². The van der Waals surface area contributed by atoms with Crippen molar-refractivity contribution < 1.29 is 4.79 Å². The van der Waals surface area contributed by atoms with Gasteiger partial charge in [-0.15, -0.1) is 11.3 Å². The van der Waals surface area contributed by atoms with Crippen LogP contribution in [-0.4, -0.2) is 15.9 Å².